The second kappa shape index (κ2) is 8.55. The topological polar surface area (TPSA) is 68.6 Å². The van der Waals surface area contributed by atoms with Crippen molar-refractivity contribution in [1.29, 1.82) is 0 Å². The minimum atomic E-state index is -4.52. The van der Waals surface area contributed by atoms with Crippen LogP contribution in [-0.2, 0) is 0 Å². The predicted octanol–water partition coefficient (Wildman–Crippen LogP) is 4.43. The molecule has 32 heavy (non-hydrogen) atoms. The molecule has 2 aliphatic heterocycles. The quantitative estimate of drug-likeness (QED) is 0.743. The lowest BCUT2D eigenvalue weighted by Gasteiger charge is -2.33. The summed E-state index contributed by atoms with van der Waals surface area (Å²) in [5.41, 5.74) is 0.659. The van der Waals surface area contributed by atoms with Crippen LogP contribution in [-0.4, -0.2) is 54.1 Å². The lowest BCUT2D eigenvalue weighted by molar-refractivity contribution is -0.173. The van der Waals surface area contributed by atoms with E-state index in [4.69, 9.17) is 9.47 Å². The van der Waals surface area contributed by atoms with E-state index in [0.29, 0.717) is 36.1 Å². The van der Waals surface area contributed by atoms with E-state index in [1.165, 1.54) is 20.3 Å². The number of nitrogens with zero attached hydrogens (tertiary/aromatic N) is 3. The van der Waals surface area contributed by atoms with Crippen molar-refractivity contribution in [2.75, 3.05) is 32.6 Å². The summed E-state index contributed by atoms with van der Waals surface area (Å²) in [6.45, 7) is 3.31. The molecule has 2 aliphatic rings. The van der Waals surface area contributed by atoms with Crippen molar-refractivity contribution < 1.29 is 27.4 Å². The van der Waals surface area contributed by atoms with Gasteiger partial charge in [0.05, 0.1) is 20.3 Å². The Balaban J connectivity index is 1.64. The molecule has 1 aromatic heterocycles. The molecule has 4 rings (SSSR count). The molecule has 3 heterocycles. The standard InChI is InChI=1S/C22H27F3N4O3/c1-13-6-8-28(9-7-13)21(30)16-12-20-26-15(11-19(22(23,24)25)29(20)27-16)14-4-5-17(31-2)18(10-14)32-3/h4-5,10,12-13,15,19,26H,6-9,11H2,1-3H3. The number of anilines is 1. The van der Waals surface area contributed by atoms with Crippen LogP contribution in [0.15, 0.2) is 24.3 Å². The van der Waals surface area contributed by atoms with Crippen LogP contribution < -0.4 is 14.8 Å². The van der Waals surface area contributed by atoms with Gasteiger partial charge >= 0.3 is 6.18 Å². The van der Waals surface area contributed by atoms with Gasteiger partial charge in [-0.05, 0) is 36.5 Å². The molecule has 1 aromatic carbocycles. The summed E-state index contributed by atoms with van der Waals surface area (Å²) < 4.78 is 53.3. The van der Waals surface area contributed by atoms with Crippen molar-refractivity contribution in [3.8, 4) is 11.5 Å². The van der Waals surface area contributed by atoms with Gasteiger partial charge in [-0.25, -0.2) is 4.68 Å². The average molecular weight is 452 g/mol. The third-order valence-corrected chi connectivity index (χ3v) is 6.29. The van der Waals surface area contributed by atoms with Crippen LogP contribution in [0.3, 0.4) is 0 Å². The number of hydrogen-bond donors (Lipinski definition) is 1. The second-order valence-corrected chi connectivity index (χ2v) is 8.44. The van der Waals surface area contributed by atoms with Crippen LogP contribution in [0, 0.1) is 5.92 Å². The average Bonchev–Trinajstić information content (AvgIpc) is 3.21. The molecule has 174 valence electrons. The molecule has 0 saturated carbocycles. The highest BCUT2D eigenvalue weighted by atomic mass is 19.4. The van der Waals surface area contributed by atoms with Crippen LogP contribution in [0.4, 0.5) is 19.0 Å². The van der Waals surface area contributed by atoms with E-state index < -0.39 is 18.3 Å². The molecule has 2 unspecified atom stereocenters. The summed E-state index contributed by atoms with van der Waals surface area (Å²) in [5, 5.41) is 7.20. The molecule has 0 spiro atoms. The molecular formula is C22H27F3N4O3. The van der Waals surface area contributed by atoms with Gasteiger partial charge in [0.15, 0.2) is 23.2 Å². The second-order valence-electron chi connectivity index (χ2n) is 8.44. The summed E-state index contributed by atoms with van der Waals surface area (Å²) in [6.07, 6.45) is -3.02. The normalized spacial score (nSPS) is 21.6. The van der Waals surface area contributed by atoms with E-state index in [0.717, 1.165) is 17.5 Å². The number of fused-ring (bicyclic) bond motifs is 1. The lowest BCUT2D eigenvalue weighted by Crippen LogP contribution is -2.38. The Labute approximate surface area is 184 Å². The summed E-state index contributed by atoms with van der Waals surface area (Å²) in [7, 11) is 2.97. The number of piperidine rings is 1. The maximum Gasteiger partial charge on any atom is 0.410 e. The van der Waals surface area contributed by atoms with Crippen molar-refractivity contribution in [3.63, 3.8) is 0 Å². The van der Waals surface area contributed by atoms with Crippen LogP contribution in [0.25, 0.3) is 0 Å². The summed E-state index contributed by atoms with van der Waals surface area (Å²) in [5.74, 6) is 1.31. The Kier molecular flexibility index (Phi) is 5.96. The summed E-state index contributed by atoms with van der Waals surface area (Å²) in [6, 6.07) is 3.98. The molecule has 7 nitrogen and oxygen atoms in total. The zero-order chi connectivity index (χ0) is 23.0. The number of halogens is 3. The third kappa shape index (κ3) is 4.22. The minimum absolute atomic E-state index is 0.0317. The lowest BCUT2D eigenvalue weighted by atomic mass is 9.96. The first kappa shape index (κ1) is 22.3. The fraction of sp³-hybridized carbons (Fsp3) is 0.545. The number of benzene rings is 1. The highest BCUT2D eigenvalue weighted by molar-refractivity contribution is 5.93. The van der Waals surface area contributed by atoms with Gasteiger partial charge in [-0.2, -0.15) is 18.3 Å². The number of likely N-dealkylation sites (tertiary alicyclic amines) is 1. The zero-order valence-corrected chi connectivity index (χ0v) is 18.3. The van der Waals surface area contributed by atoms with E-state index >= 15 is 0 Å². The van der Waals surface area contributed by atoms with E-state index in [-0.39, 0.29) is 23.8 Å². The number of hydrogen-bond acceptors (Lipinski definition) is 5. The van der Waals surface area contributed by atoms with Gasteiger partial charge in [-0.3, -0.25) is 4.79 Å². The predicted molar refractivity (Wildman–Crippen MR) is 112 cm³/mol. The molecule has 0 radical (unpaired) electrons. The third-order valence-electron chi connectivity index (χ3n) is 6.29. The highest BCUT2D eigenvalue weighted by Gasteiger charge is 2.47. The summed E-state index contributed by atoms with van der Waals surface area (Å²) >= 11 is 0. The van der Waals surface area contributed by atoms with Crippen molar-refractivity contribution >= 4 is 11.7 Å². The number of rotatable bonds is 4. The SMILES string of the molecule is COc1ccc(C2CC(C(F)(F)F)n3nc(C(=O)N4CCC(C)CC4)cc3N2)cc1OC. The van der Waals surface area contributed by atoms with Crippen LogP contribution in [0.2, 0.25) is 0 Å². The number of amides is 1. The number of nitrogens with one attached hydrogen (secondary N) is 1. The first-order chi connectivity index (χ1) is 15.2. The number of ether oxygens (including phenoxy) is 2. The number of aromatic nitrogens is 2. The van der Waals surface area contributed by atoms with Crippen molar-refractivity contribution in [3.05, 3.63) is 35.5 Å². The first-order valence-corrected chi connectivity index (χ1v) is 10.6. The van der Waals surface area contributed by atoms with Crippen molar-refractivity contribution in [2.24, 2.45) is 5.92 Å². The smallest absolute Gasteiger partial charge is 0.410 e. The van der Waals surface area contributed by atoms with Crippen LogP contribution in [0.1, 0.15) is 54.3 Å². The van der Waals surface area contributed by atoms with E-state index in [9.17, 15) is 18.0 Å². The Morgan fingerprint density at radius 2 is 1.81 bits per heavy atom. The maximum atomic E-state index is 14.0. The van der Waals surface area contributed by atoms with Crippen molar-refractivity contribution in [2.45, 2.75) is 44.4 Å². The molecule has 2 aromatic rings. The van der Waals surface area contributed by atoms with E-state index in [1.807, 2.05) is 0 Å². The molecule has 2 atom stereocenters. The minimum Gasteiger partial charge on any atom is -0.493 e. The van der Waals surface area contributed by atoms with Gasteiger partial charge in [0.25, 0.3) is 5.91 Å². The maximum absolute atomic E-state index is 14.0. The number of carbonyl (C=O) groups is 1. The van der Waals surface area contributed by atoms with Crippen LogP contribution in [0.5, 0.6) is 11.5 Å². The van der Waals surface area contributed by atoms with Gasteiger partial charge in [-0.1, -0.05) is 13.0 Å². The largest absolute Gasteiger partial charge is 0.493 e. The summed E-state index contributed by atoms with van der Waals surface area (Å²) in [4.78, 5) is 14.6. The Morgan fingerprint density at radius 3 is 2.44 bits per heavy atom. The van der Waals surface area contributed by atoms with E-state index in [1.54, 1.807) is 23.1 Å². The van der Waals surface area contributed by atoms with Gasteiger partial charge in [0.1, 0.15) is 5.82 Å². The fourth-order valence-corrected chi connectivity index (χ4v) is 4.34. The monoisotopic (exact) mass is 452 g/mol. The molecular weight excluding hydrogens is 425 g/mol. The van der Waals surface area contributed by atoms with Gasteiger partial charge in [-0.15, -0.1) is 0 Å². The number of alkyl halides is 3. The first-order valence-electron chi connectivity index (χ1n) is 10.6. The number of methoxy groups -OCH3 is 2. The Morgan fingerprint density at radius 1 is 1.12 bits per heavy atom. The van der Waals surface area contributed by atoms with Crippen LogP contribution >= 0.6 is 0 Å². The molecule has 1 amide bonds. The Hall–Kier alpha value is -2.91. The molecule has 10 heteroatoms. The number of carbonyl (C=O) groups excluding carboxylic acids is 1. The highest BCUT2D eigenvalue weighted by Crippen LogP contribution is 2.44. The Bertz CT molecular complexity index is 983. The van der Waals surface area contributed by atoms with Crippen molar-refractivity contribution in [1.82, 2.24) is 14.7 Å². The molecule has 1 saturated heterocycles. The fourth-order valence-electron chi connectivity index (χ4n) is 4.34. The zero-order valence-electron chi connectivity index (χ0n) is 18.3. The van der Waals surface area contributed by atoms with Gasteiger partial charge < -0.3 is 19.7 Å². The molecule has 0 aliphatic carbocycles. The van der Waals surface area contributed by atoms with Gasteiger partial charge in [0, 0.05) is 25.6 Å². The molecule has 0 bridgehead atoms. The van der Waals surface area contributed by atoms with E-state index in [2.05, 4.69) is 17.3 Å². The molecule has 1 fully saturated rings. The molecule has 1 N–H and O–H groups in total. The van der Waals surface area contributed by atoms with Gasteiger partial charge in [0.2, 0.25) is 0 Å².